The van der Waals surface area contributed by atoms with Crippen molar-refractivity contribution in [1.29, 1.82) is 0 Å². The van der Waals surface area contributed by atoms with Gasteiger partial charge in [0.25, 0.3) is 0 Å². The molecular formula is C16H14ClNO4S. The van der Waals surface area contributed by atoms with Crippen LogP contribution in [0.3, 0.4) is 0 Å². The second-order valence-electron chi connectivity index (χ2n) is 4.68. The van der Waals surface area contributed by atoms with E-state index < -0.39 is 33.7 Å². The van der Waals surface area contributed by atoms with Crippen LogP contribution in [0.25, 0.3) is 0 Å². The van der Waals surface area contributed by atoms with Crippen LogP contribution in [0.2, 0.25) is 5.02 Å². The molecule has 7 heteroatoms. The minimum atomic E-state index is -1.90. The van der Waals surface area contributed by atoms with Crippen molar-refractivity contribution in [2.75, 3.05) is 11.1 Å². The van der Waals surface area contributed by atoms with E-state index in [4.69, 9.17) is 11.6 Å². The molecular weight excluding hydrogens is 338 g/mol. The summed E-state index contributed by atoms with van der Waals surface area (Å²) in [5.41, 5.74) is 0.784. The largest absolute Gasteiger partial charge is 0.480 e. The fourth-order valence-electron chi connectivity index (χ4n) is 2.00. The number of benzene rings is 2. The van der Waals surface area contributed by atoms with E-state index in [9.17, 15) is 18.9 Å². The molecule has 0 bridgehead atoms. The molecule has 2 unspecified atom stereocenters. The number of rotatable bonds is 6. The molecule has 2 N–H and O–H groups in total. The first kappa shape index (κ1) is 17.2. The molecule has 2 rings (SSSR count). The van der Waals surface area contributed by atoms with Crippen molar-refractivity contribution < 1.29 is 18.9 Å². The van der Waals surface area contributed by atoms with E-state index in [1.54, 1.807) is 54.6 Å². The number of carboxylic acids is 1. The lowest BCUT2D eigenvalue weighted by molar-refractivity contribution is -0.136. The number of para-hydroxylation sites is 1. The Labute approximate surface area is 140 Å². The number of carbonyl (C=O) groups is 2. The quantitative estimate of drug-likeness (QED) is 0.838. The van der Waals surface area contributed by atoms with Crippen LogP contribution in [0.5, 0.6) is 0 Å². The number of carboxylic acid groups (broad SMARTS) is 1. The maximum atomic E-state index is 12.3. The summed E-state index contributed by atoms with van der Waals surface area (Å²) in [5.74, 6) is -2.23. The first-order valence-corrected chi connectivity index (χ1v) is 8.44. The highest BCUT2D eigenvalue weighted by Crippen LogP contribution is 2.22. The predicted octanol–water partition coefficient (Wildman–Crippen LogP) is 2.85. The van der Waals surface area contributed by atoms with Gasteiger partial charge >= 0.3 is 5.97 Å². The average molecular weight is 352 g/mol. The topological polar surface area (TPSA) is 83.5 Å². The molecule has 0 fully saturated rings. The van der Waals surface area contributed by atoms with Gasteiger partial charge in [0.15, 0.2) is 5.25 Å². The average Bonchev–Trinajstić information content (AvgIpc) is 2.50. The van der Waals surface area contributed by atoms with Gasteiger partial charge in [-0.3, -0.25) is 13.8 Å². The molecule has 0 heterocycles. The third kappa shape index (κ3) is 4.64. The number of aliphatic carboxylic acids is 1. The maximum absolute atomic E-state index is 12.3. The molecule has 0 saturated carbocycles. The molecule has 0 aliphatic rings. The summed E-state index contributed by atoms with van der Waals surface area (Å²) in [7, 11) is -1.90. The molecule has 0 aliphatic heterocycles. The van der Waals surface area contributed by atoms with Crippen LogP contribution < -0.4 is 5.32 Å². The van der Waals surface area contributed by atoms with Crippen LogP contribution in [0.4, 0.5) is 5.69 Å². The van der Waals surface area contributed by atoms with Gasteiger partial charge in [0, 0.05) is 10.8 Å². The molecule has 5 nitrogen and oxygen atoms in total. The van der Waals surface area contributed by atoms with Gasteiger partial charge in [-0.15, -0.1) is 0 Å². The highest BCUT2D eigenvalue weighted by Gasteiger charge is 2.28. The Bertz CT molecular complexity index is 736. The molecule has 0 aliphatic carbocycles. The molecule has 0 spiro atoms. The summed E-state index contributed by atoms with van der Waals surface area (Å²) >= 11 is 5.93. The zero-order valence-electron chi connectivity index (χ0n) is 11.9. The van der Waals surface area contributed by atoms with Crippen LogP contribution in [0.1, 0.15) is 10.8 Å². The van der Waals surface area contributed by atoms with Gasteiger partial charge in [0.2, 0.25) is 5.91 Å². The van der Waals surface area contributed by atoms with Crippen molar-refractivity contribution in [1.82, 2.24) is 0 Å². The van der Waals surface area contributed by atoms with Gasteiger partial charge in [-0.25, -0.2) is 0 Å². The summed E-state index contributed by atoms with van der Waals surface area (Å²) in [6, 6.07) is 14.8. The van der Waals surface area contributed by atoms with Crippen molar-refractivity contribution >= 4 is 40.0 Å². The molecule has 23 heavy (non-hydrogen) atoms. The van der Waals surface area contributed by atoms with Gasteiger partial charge in [0.1, 0.15) is 5.75 Å². The fourth-order valence-corrected chi connectivity index (χ4v) is 3.36. The van der Waals surface area contributed by atoms with Crippen molar-refractivity contribution in [3.8, 4) is 0 Å². The van der Waals surface area contributed by atoms with E-state index in [0.29, 0.717) is 16.3 Å². The van der Waals surface area contributed by atoms with E-state index in [0.717, 1.165) is 0 Å². The smallest absolute Gasteiger partial charge is 0.323 e. The standard InChI is InChI=1S/C16H14ClNO4S/c17-12-8-4-5-9-13(12)18-14(19)10-23(22)15(16(20)21)11-6-2-1-3-7-11/h1-9,15H,10H2,(H,18,19)(H,20,21). The second-order valence-corrected chi connectivity index (χ2v) is 6.61. The number of anilines is 1. The Hall–Kier alpha value is -2.18. The number of amides is 1. The lowest BCUT2D eigenvalue weighted by atomic mass is 10.1. The van der Waals surface area contributed by atoms with Gasteiger partial charge in [-0.1, -0.05) is 54.1 Å². The first-order valence-electron chi connectivity index (χ1n) is 6.68. The normalized spacial score (nSPS) is 13.1. The van der Waals surface area contributed by atoms with E-state index in [1.807, 2.05) is 0 Å². The zero-order chi connectivity index (χ0) is 16.8. The minimum Gasteiger partial charge on any atom is -0.480 e. The molecule has 0 aromatic heterocycles. The van der Waals surface area contributed by atoms with E-state index in [1.165, 1.54) is 0 Å². The lowest BCUT2D eigenvalue weighted by Gasteiger charge is -2.13. The van der Waals surface area contributed by atoms with Crippen LogP contribution in [-0.2, 0) is 20.4 Å². The van der Waals surface area contributed by atoms with Crippen LogP contribution in [0, 0.1) is 0 Å². The second kappa shape index (κ2) is 7.89. The maximum Gasteiger partial charge on any atom is 0.323 e. The third-order valence-corrected chi connectivity index (χ3v) is 4.89. The SMILES string of the molecule is O=C(CS(=O)C(C(=O)O)c1ccccc1)Nc1ccccc1Cl. The van der Waals surface area contributed by atoms with Crippen molar-refractivity contribution in [3.63, 3.8) is 0 Å². The molecule has 0 saturated heterocycles. The summed E-state index contributed by atoms with van der Waals surface area (Å²) in [5, 5.41) is 10.9. The van der Waals surface area contributed by atoms with E-state index in [-0.39, 0.29) is 0 Å². The number of halogens is 1. The Morgan fingerprint density at radius 3 is 2.30 bits per heavy atom. The van der Waals surface area contributed by atoms with Gasteiger partial charge < -0.3 is 10.4 Å². The fraction of sp³-hybridized carbons (Fsp3) is 0.125. The monoisotopic (exact) mass is 351 g/mol. The van der Waals surface area contributed by atoms with Gasteiger partial charge in [0.05, 0.1) is 10.7 Å². The van der Waals surface area contributed by atoms with Gasteiger partial charge in [-0.2, -0.15) is 0 Å². The summed E-state index contributed by atoms with van der Waals surface area (Å²) < 4.78 is 12.3. The number of carbonyl (C=O) groups excluding carboxylic acids is 1. The third-order valence-electron chi connectivity index (χ3n) is 3.01. The molecule has 2 atom stereocenters. The molecule has 2 aromatic rings. The van der Waals surface area contributed by atoms with Crippen LogP contribution in [0.15, 0.2) is 54.6 Å². The first-order chi connectivity index (χ1) is 11.0. The Balaban J connectivity index is 2.09. The molecule has 0 radical (unpaired) electrons. The summed E-state index contributed by atoms with van der Waals surface area (Å²) in [6.45, 7) is 0. The summed E-state index contributed by atoms with van der Waals surface area (Å²) in [4.78, 5) is 23.4. The van der Waals surface area contributed by atoms with Crippen LogP contribution in [-0.4, -0.2) is 26.9 Å². The number of nitrogens with one attached hydrogen (secondary N) is 1. The Morgan fingerprint density at radius 2 is 1.70 bits per heavy atom. The Kier molecular flexibility index (Phi) is 5.90. The van der Waals surface area contributed by atoms with Crippen LogP contribution >= 0.6 is 11.6 Å². The molecule has 120 valence electrons. The highest BCUT2D eigenvalue weighted by molar-refractivity contribution is 7.86. The van der Waals surface area contributed by atoms with Crippen molar-refractivity contribution in [2.45, 2.75) is 5.25 Å². The molecule has 2 aromatic carbocycles. The molecule has 1 amide bonds. The lowest BCUT2D eigenvalue weighted by Crippen LogP contribution is -2.26. The zero-order valence-corrected chi connectivity index (χ0v) is 13.5. The Morgan fingerprint density at radius 1 is 1.09 bits per heavy atom. The van der Waals surface area contributed by atoms with Gasteiger partial charge in [-0.05, 0) is 17.7 Å². The van der Waals surface area contributed by atoms with E-state index >= 15 is 0 Å². The highest BCUT2D eigenvalue weighted by atomic mass is 35.5. The number of hydrogen-bond donors (Lipinski definition) is 2. The van der Waals surface area contributed by atoms with E-state index in [2.05, 4.69) is 5.32 Å². The van der Waals surface area contributed by atoms with Crippen molar-refractivity contribution in [2.24, 2.45) is 0 Å². The number of hydrogen-bond acceptors (Lipinski definition) is 3. The predicted molar refractivity (Wildman–Crippen MR) is 89.9 cm³/mol. The van der Waals surface area contributed by atoms with Crippen molar-refractivity contribution in [3.05, 3.63) is 65.2 Å². The minimum absolute atomic E-state index is 0.351. The summed E-state index contributed by atoms with van der Waals surface area (Å²) in [6.07, 6.45) is 0.